The van der Waals surface area contributed by atoms with Gasteiger partial charge >= 0.3 is 12.0 Å². The van der Waals surface area contributed by atoms with Gasteiger partial charge in [0.15, 0.2) is 6.10 Å². The molecule has 0 bridgehead atoms. The number of amides is 3. The molecule has 0 saturated heterocycles. The Morgan fingerprint density at radius 3 is 2.34 bits per heavy atom. The number of fused-ring (bicyclic) bond motifs is 1. The van der Waals surface area contributed by atoms with Crippen molar-refractivity contribution in [1.29, 1.82) is 0 Å². The molecule has 29 heavy (non-hydrogen) atoms. The third-order valence-electron chi connectivity index (χ3n) is 4.50. The van der Waals surface area contributed by atoms with E-state index < -0.39 is 30.1 Å². The molecular weight excluding hydrogens is 374 g/mol. The Labute approximate surface area is 169 Å². The van der Waals surface area contributed by atoms with Crippen molar-refractivity contribution in [2.75, 3.05) is 13.1 Å². The average Bonchev–Trinajstić information content (AvgIpc) is 2.66. The van der Waals surface area contributed by atoms with Crippen LogP contribution in [-0.2, 0) is 16.0 Å². The molecule has 0 aliphatic carbocycles. The number of carbonyl (C=O) groups is 3. The smallest absolute Gasteiger partial charge is 0.334 e. The summed E-state index contributed by atoms with van der Waals surface area (Å²) in [4.78, 5) is 36.8. The summed E-state index contributed by atoms with van der Waals surface area (Å²) in [7, 11) is 0. The fourth-order valence-electron chi connectivity index (χ4n) is 3.12. The Kier molecular flexibility index (Phi) is 7.55. The second kappa shape index (κ2) is 9.88. The fraction of sp³-hybridized carbons (Fsp3) is 0.381. The molecule has 2 aromatic carbocycles. The molecule has 0 radical (unpaired) electrons. The second-order valence-corrected chi connectivity index (χ2v) is 7.40. The summed E-state index contributed by atoms with van der Waals surface area (Å²) in [6, 6.07) is 11.7. The van der Waals surface area contributed by atoms with E-state index in [2.05, 4.69) is 5.32 Å². The molecule has 0 aliphatic heterocycles. The summed E-state index contributed by atoms with van der Waals surface area (Å²) in [6.07, 6.45) is -1.52. The summed E-state index contributed by atoms with van der Waals surface area (Å²) >= 11 is 0. The van der Waals surface area contributed by atoms with Gasteiger partial charge in [0, 0.05) is 13.0 Å². The van der Waals surface area contributed by atoms with Gasteiger partial charge in [-0.15, -0.1) is 0 Å². The minimum Gasteiger partial charge on any atom is -0.479 e. The lowest BCUT2D eigenvalue weighted by Crippen LogP contribution is -2.53. The normalized spacial score (nSPS) is 13.1. The van der Waals surface area contributed by atoms with E-state index >= 15 is 0 Å². The highest BCUT2D eigenvalue weighted by molar-refractivity contribution is 5.89. The predicted molar refractivity (Wildman–Crippen MR) is 109 cm³/mol. The molecule has 0 aliphatic rings. The quantitative estimate of drug-likeness (QED) is 0.503. The number of nitrogens with zero attached hydrogens (tertiary/aromatic N) is 1. The van der Waals surface area contributed by atoms with Crippen LogP contribution in [-0.4, -0.2) is 58.3 Å². The van der Waals surface area contributed by atoms with E-state index in [1.807, 2.05) is 56.3 Å². The van der Waals surface area contributed by atoms with E-state index in [4.69, 9.17) is 10.8 Å². The SMILES string of the molecule is CC(C)CN(CC(O)C(=O)O)C(=O)N[C@@H](Cc1cccc2ccccc12)C(N)=O. The second-order valence-electron chi connectivity index (χ2n) is 7.40. The molecule has 0 saturated carbocycles. The number of urea groups is 1. The van der Waals surface area contributed by atoms with Gasteiger partial charge in [-0.25, -0.2) is 9.59 Å². The first-order valence-corrected chi connectivity index (χ1v) is 9.41. The monoisotopic (exact) mass is 401 g/mol. The van der Waals surface area contributed by atoms with E-state index in [0.29, 0.717) is 0 Å². The Morgan fingerprint density at radius 1 is 1.07 bits per heavy atom. The lowest BCUT2D eigenvalue weighted by Gasteiger charge is -2.28. The lowest BCUT2D eigenvalue weighted by atomic mass is 9.98. The number of hydrogen-bond acceptors (Lipinski definition) is 4. The summed E-state index contributed by atoms with van der Waals surface area (Å²) in [5.41, 5.74) is 6.37. The standard InChI is InChI=1S/C21H27N3O5/c1-13(2)11-24(12-18(25)20(27)28)21(29)23-17(19(22)26)10-15-8-5-7-14-6-3-4-9-16(14)15/h3-9,13,17-18,25H,10-12H2,1-2H3,(H2,22,26)(H,23,29)(H,27,28)/t17-,18?/m0/s1. The van der Waals surface area contributed by atoms with Gasteiger partial charge in [0.2, 0.25) is 5.91 Å². The zero-order valence-electron chi connectivity index (χ0n) is 16.5. The molecule has 8 nitrogen and oxygen atoms in total. The molecule has 156 valence electrons. The number of aliphatic carboxylic acids is 1. The van der Waals surface area contributed by atoms with Crippen molar-refractivity contribution in [3.05, 3.63) is 48.0 Å². The number of carbonyl (C=O) groups excluding carboxylic acids is 2. The molecule has 1 unspecified atom stereocenters. The largest absolute Gasteiger partial charge is 0.479 e. The average molecular weight is 401 g/mol. The van der Waals surface area contributed by atoms with Gasteiger partial charge < -0.3 is 26.2 Å². The summed E-state index contributed by atoms with van der Waals surface area (Å²) < 4.78 is 0. The third-order valence-corrected chi connectivity index (χ3v) is 4.50. The number of carboxylic acids is 1. The highest BCUT2D eigenvalue weighted by Gasteiger charge is 2.26. The van der Waals surface area contributed by atoms with E-state index in [-0.39, 0.29) is 25.4 Å². The zero-order chi connectivity index (χ0) is 21.6. The van der Waals surface area contributed by atoms with Crippen LogP contribution in [0.3, 0.4) is 0 Å². The number of rotatable bonds is 9. The van der Waals surface area contributed by atoms with Gasteiger partial charge in [0.05, 0.1) is 6.54 Å². The molecule has 0 spiro atoms. The van der Waals surface area contributed by atoms with E-state index in [0.717, 1.165) is 16.3 Å². The van der Waals surface area contributed by atoms with Crippen molar-refractivity contribution < 1.29 is 24.6 Å². The Balaban J connectivity index is 2.20. The molecule has 0 aromatic heterocycles. The summed E-state index contributed by atoms with van der Waals surface area (Å²) in [6.45, 7) is 3.54. The molecular formula is C21H27N3O5. The fourth-order valence-corrected chi connectivity index (χ4v) is 3.12. The lowest BCUT2D eigenvalue weighted by molar-refractivity contribution is -0.147. The van der Waals surface area contributed by atoms with Crippen LogP contribution in [0.1, 0.15) is 19.4 Å². The van der Waals surface area contributed by atoms with Crippen molar-refractivity contribution >= 4 is 28.7 Å². The van der Waals surface area contributed by atoms with E-state index in [1.165, 1.54) is 4.90 Å². The van der Waals surface area contributed by atoms with E-state index in [9.17, 15) is 19.5 Å². The Morgan fingerprint density at radius 2 is 1.72 bits per heavy atom. The van der Waals surface area contributed by atoms with Gasteiger partial charge in [-0.05, 0) is 22.3 Å². The number of nitrogens with two attached hydrogens (primary N) is 1. The Bertz CT molecular complexity index is 878. The number of nitrogens with one attached hydrogen (secondary N) is 1. The van der Waals surface area contributed by atoms with Crippen LogP contribution in [0, 0.1) is 5.92 Å². The number of aliphatic hydroxyl groups excluding tert-OH is 1. The highest BCUT2D eigenvalue weighted by Crippen LogP contribution is 2.20. The number of primary amides is 1. The first kappa shape index (κ1) is 22.2. The molecule has 5 N–H and O–H groups in total. The third kappa shape index (κ3) is 6.18. The van der Waals surface area contributed by atoms with Crippen molar-refractivity contribution in [1.82, 2.24) is 10.2 Å². The van der Waals surface area contributed by atoms with Gasteiger partial charge in [-0.3, -0.25) is 4.79 Å². The summed E-state index contributed by atoms with van der Waals surface area (Å²) in [5.74, 6) is -2.09. The summed E-state index contributed by atoms with van der Waals surface area (Å²) in [5, 5.41) is 23.1. The number of benzene rings is 2. The molecule has 0 fully saturated rings. The zero-order valence-corrected chi connectivity index (χ0v) is 16.5. The highest BCUT2D eigenvalue weighted by atomic mass is 16.4. The maximum Gasteiger partial charge on any atom is 0.334 e. The van der Waals surface area contributed by atoms with Crippen LogP contribution in [0.25, 0.3) is 10.8 Å². The minimum absolute atomic E-state index is 0.0341. The van der Waals surface area contributed by atoms with Crippen LogP contribution in [0.5, 0.6) is 0 Å². The van der Waals surface area contributed by atoms with Crippen LogP contribution in [0.4, 0.5) is 4.79 Å². The van der Waals surface area contributed by atoms with Crippen LogP contribution in [0.2, 0.25) is 0 Å². The van der Waals surface area contributed by atoms with Crippen molar-refractivity contribution in [2.24, 2.45) is 11.7 Å². The van der Waals surface area contributed by atoms with Crippen LogP contribution >= 0.6 is 0 Å². The molecule has 2 atom stereocenters. The molecule has 2 aromatic rings. The van der Waals surface area contributed by atoms with Gasteiger partial charge in [-0.2, -0.15) is 0 Å². The molecule has 3 amide bonds. The first-order chi connectivity index (χ1) is 13.7. The minimum atomic E-state index is -1.72. The molecule has 0 heterocycles. The predicted octanol–water partition coefficient (Wildman–Crippen LogP) is 1.35. The number of carboxylic acid groups (broad SMARTS) is 1. The molecule has 8 heteroatoms. The first-order valence-electron chi connectivity index (χ1n) is 9.41. The maximum absolute atomic E-state index is 12.7. The van der Waals surface area contributed by atoms with Crippen molar-refractivity contribution in [3.63, 3.8) is 0 Å². The van der Waals surface area contributed by atoms with E-state index in [1.54, 1.807) is 0 Å². The Hall–Kier alpha value is -3.13. The molecule has 2 rings (SSSR count). The van der Waals surface area contributed by atoms with Gasteiger partial charge in [0.1, 0.15) is 6.04 Å². The maximum atomic E-state index is 12.7. The number of hydrogen-bond donors (Lipinski definition) is 4. The topological polar surface area (TPSA) is 133 Å². The number of aliphatic hydroxyl groups is 1. The van der Waals surface area contributed by atoms with Gasteiger partial charge in [0.25, 0.3) is 0 Å². The van der Waals surface area contributed by atoms with Crippen LogP contribution < -0.4 is 11.1 Å². The van der Waals surface area contributed by atoms with Crippen molar-refractivity contribution in [3.8, 4) is 0 Å². The van der Waals surface area contributed by atoms with Crippen LogP contribution in [0.15, 0.2) is 42.5 Å². The van der Waals surface area contributed by atoms with Crippen molar-refractivity contribution in [2.45, 2.75) is 32.4 Å². The van der Waals surface area contributed by atoms with Gasteiger partial charge in [-0.1, -0.05) is 56.3 Å².